The Kier molecular flexibility index (Phi) is 5.04. The van der Waals surface area contributed by atoms with Gasteiger partial charge in [-0.25, -0.2) is 4.98 Å². The SMILES string of the molecule is CCOc1ccc2nc(C)cc(Nc3ccc(-c4nc5ccc(C)cc5s4)cc3)c2c1. The molecule has 0 atom stereocenters. The Morgan fingerprint density at radius 2 is 1.68 bits per heavy atom. The highest BCUT2D eigenvalue weighted by Crippen LogP contribution is 2.33. The van der Waals surface area contributed by atoms with Crippen LogP contribution in [-0.4, -0.2) is 16.6 Å². The monoisotopic (exact) mass is 425 g/mol. The fourth-order valence-corrected chi connectivity index (χ4v) is 4.77. The fourth-order valence-electron chi connectivity index (χ4n) is 3.70. The molecule has 154 valence electrons. The maximum atomic E-state index is 5.69. The van der Waals surface area contributed by atoms with Crippen molar-refractivity contribution in [1.29, 1.82) is 0 Å². The number of nitrogens with zero attached hydrogens (tertiary/aromatic N) is 2. The Labute approximate surface area is 185 Å². The van der Waals surface area contributed by atoms with Crippen LogP contribution in [0.5, 0.6) is 5.75 Å². The van der Waals surface area contributed by atoms with Crippen LogP contribution in [0, 0.1) is 13.8 Å². The third-order valence-corrected chi connectivity index (χ3v) is 6.24. The summed E-state index contributed by atoms with van der Waals surface area (Å²) >= 11 is 1.73. The Morgan fingerprint density at radius 1 is 0.871 bits per heavy atom. The molecule has 5 aromatic rings. The lowest BCUT2D eigenvalue weighted by Gasteiger charge is -2.12. The van der Waals surface area contributed by atoms with E-state index in [2.05, 4.69) is 65.8 Å². The van der Waals surface area contributed by atoms with Crippen LogP contribution in [0.3, 0.4) is 0 Å². The highest BCUT2D eigenvalue weighted by molar-refractivity contribution is 7.21. The number of nitrogens with one attached hydrogen (secondary N) is 1. The number of anilines is 2. The molecular formula is C26H23N3OS. The van der Waals surface area contributed by atoms with Crippen LogP contribution in [0.4, 0.5) is 11.4 Å². The van der Waals surface area contributed by atoms with Gasteiger partial charge in [0.1, 0.15) is 10.8 Å². The van der Waals surface area contributed by atoms with Crippen molar-refractivity contribution < 1.29 is 4.74 Å². The van der Waals surface area contributed by atoms with E-state index in [0.717, 1.165) is 49.8 Å². The third-order valence-electron chi connectivity index (χ3n) is 5.17. The number of fused-ring (bicyclic) bond motifs is 2. The van der Waals surface area contributed by atoms with E-state index in [1.807, 2.05) is 32.0 Å². The quantitative estimate of drug-likeness (QED) is 0.322. The van der Waals surface area contributed by atoms with Crippen molar-refractivity contribution in [2.24, 2.45) is 0 Å². The van der Waals surface area contributed by atoms with Crippen molar-refractivity contribution in [3.8, 4) is 16.3 Å². The molecule has 0 saturated heterocycles. The van der Waals surface area contributed by atoms with Gasteiger partial charge in [-0.1, -0.05) is 6.07 Å². The van der Waals surface area contributed by atoms with Gasteiger partial charge in [-0.3, -0.25) is 4.98 Å². The van der Waals surface area contributed by atoms with Gasteiger partial charge in [0.2, 0.25) is 0 Å². The third kappa shape index (κ3) is 3.97. The van der Waals surface area contributed by atoms with E-state index in [-0.39, 0.29) is 0 Å². The first-order valence-electron chi connectivity index (χ1n) is 10.4. The zero-order chi connectivity index (χ0) is 21.4. The summed E-state index contributed by atoms with van der Waals surface area (Å²) in [6.45, 7) is 6.76. The Morgan fingerprint density at radius 3 is 2.48 bits per heavy atom. The highest BCUT2D eigenvalue weighted by Gasteiger charge is 2.09. The van der Waals surface area contributed by atoms with Gasteiger partial charge in [-0.15, -0.1) is 11.3 Å². The summed E-state index contributed by atoms with van der Waals surface area (Å²) in [6.07, 6.45) is 0. The summed E-state index contributed by atoms with van der Waals surface area (Å²) in [4.78, 5) is 9.45. The smallest absolute Gasteiger partial charge is 0.124 e. The van der Waals surface area contributed by atoms with Gasteiger partial charge in [-0.2, -0.15) is 0 Å². The molecule has 2 heterocycles. The first-order valence-corrected chi connectivity index (χ1v) is 11.2. The molecule has 0 radical (unpaired) electrons. The lowest BCUT2D eigenvalue weighted by Crippen LogP contribution is -1.96. The van der Waals surface area contributed by atoms with Gasteiger partial charge in [0.15, 0.2) is 0 Å². The average Bonchev–Trinajstić information content (AvgIpc) is 3.18. The second-order valence-corrected chi connectivity index (χ2v) is 8.65. The first-order chi connectivity index (χ1) is 15.1. The first kappa shape index (κ1) is 19.5. The van der Waals surface area contributed by atoms with Gasteiger partial charge >= 0.3 is 0 Å². The van der Waals surface area contributed by atoms with Gasteiger partial charge in [-0.05, 0) is 87.0 Å². The number of rotatable bonds is 5. The minimum absolute atomic E-state index is 0.639. The number of hydrogen-bond acceptors (Lipinski definition) is 5. The summed E-state index contributed by atoms with van der Waals surface area (Å²) in [5, 5.41) is 5.64. The molecule has 0 spiro atoms. The molecule has 0 bridgehead atoms. The van der Waals surface area contributed by atoms with Crippen molar-refractivity contribution in [1.82, 2.24) is 9.97 Å². The normalized spacial score (nSPS) is 11.2. The van der Waals surface area contributed by atoms with Gasteiger partial charge < -0.3 is 10.1 Å². The van der Waals surface area contributed by atoms with Crippen molar-refractivity contribution in [2.75, 3.05) is 11.9 Å². The van der Waals surface area contributed by atoms with Crippen LogP contribution < -0.4 is 10.1 Å². The van der Waals surface area contributed by atoms with Crippen LogP contribution in [-0.2, 0) is 0 Å². The molecule has 5 rings (SSSR count). The van der Waals surface area contributed by atoms with Crippen molar-refractivity contribution in [3.63, 3.8) is 0 Å². The van der Waals surface area contributed by atoms with Gasteiger partial charge in [0.25, 0.3) is 0 Å². The maximum Gasteiger partial charge on any atom is 0.124 e. The number of thiazole rings is 1. The van der Waals surface area contributed by atoms with E-state index in [9.17, 15) is 0 Å². The van der Waals surface area contributed by atoms with Crippen LogP contribution in [0.1, 0.15) is 18.2 Å². The molecule has 0 aliphatic heterocycles. The molecule has 0 aliphatic carbocycles. The summed E-state index contributed by atoms with van der Waals surface area (Å²) in [5.74, 6) is 0.852. The fraction of sp³-hybridized carbons (Fsp3) is 0.154. The minimum Gasteiger partial charge on any atom is -0.494 e. The predicted octanol–water partition coefficient (Wildman–Crippen LogP) is 7.27. The summed E-state index contributed by atoms with van der Waals surface area (Å²) < 4.78 is 6.91. The molecule has 5 heteroatoms. The molecule has 0 unspecified atom stereocenters. The molecule has 4 nitrogen and oxygen atoms in total. The molecule has 3 aromatic carbocycles. The van der Waals surface area contributed by atoms with Crippen molar-refractivity contribution >= 4 is 43.8 Å². The van der Waals surface area contributed by atoms with Crippen LogP contribution >= 0.6 is 11.3 Å². The number of hydrogen-bond donors (Lipinski definition) is 1. The highest BCUT2D eigenvalue weighted by atomic mass is 32.1. The number of ether oxygens (including phenoxy) is 1. The minimum atomic E-state index is 0.639. The molecule has 1 N–H and O–H groups in total. The van der Waals surface area contributed by atoms with Crippen molar-refractivity contribution in [3.05, 3.63) is 78.0 Å². The average molecular weight is 426 g/mol. The van der Waals surface area contributed by atoms with E-state index in [0.29, 0.717) is 6.61 Å². The van der Waals surface area contributed by atoms with Crippen molar-refractivity contribution in [2.45, 2.75) is 20.8 Å². The zero-order valence-electron chi connectivity index (χ0n) is 17.8. The predicted molar refractivity (Wildman–Crippen MR) is 131 cm³/mol. The molecule has 31 heavy (non-hydrogen) atoms. The van der Waals surface area contributed by atoms with Crippen LogP contribution in [0.15, 0.2) is 66.7 Å². The molecule has 0 fully saturated rings. The van der Waals surface area contributed by atoms with E-state index in [4.69, 9.17) is 9.72 Å². The molecule has 2 aromatic heterocycles. The van der Waals surface area contributed by atoms with Gasteiger partial charge in [0.05, 0.1) is 22.3 Å². The zero-order valence-corrected chi connectivity index (χ0v) is 18.6. The molecule has 0 saturated carbocycles. The van der Waals surface area contributed by atoms with Gasteiger partial charge in [0, 0.05) is 28.0 Å². The second-order valence-electron chi connectivity index (χ2n) is 7.62. The molecular weight excluding hydrogens is 402 g/mol. The van der Waals surface area contributed by atoms with Crippen LogP contribution in [0.25, 0.3) is 31.7 Å². The van der Waals surface area contributed by atoms with E-state index < -0.39 is 0 Å². The largest absolute Gasteiger partial charge is 0.494 e. The summed E-state index contributed by atoms with van der Waals surface area (Å²) in [5.41, 5.74) is 7.40. The summed E-state index contributed by atoms with van der Waals surface area (Å²) in [7, 11) is 0. The van der Waals surface area contributed by atoms with E-state index in [1.54, 1.807) is 11.3 Å². The standard InChI is InChI=1S/C26H23N3OS/c1-4-30-20-10-12-22-21(15-20)24(14-17(3)27-22)28-19-8-6-18(7-9-19)26-29-23-11-5-16(2)13-25(23)31-26/h5-15H,4H2,1-3H3,(H,27,28). The Hall–Kier alpha value is -3.44. The second kappa shape index (κ2) is 8.00. The topological polar surface area (TPSA) is 47.0 Å². The van der Waals surface area contributed by atoms with Crippen LogP contribution in [0.2, 0.25) is 0 Å². The molecule has 0 amide bonds. The lowest BCUT2D eigenvalue weighted by molar-refractivity contribution is 0.340. The number of benzene rings is 3. The Bertz CT molecular complexity index is 1390. The number of aromatic nitrogens is 2. The maximum absolute atomic E-state index is 5.69. The van der Waals surface area contributed by atoms with E-state index in [1.165, 1.54) is 10.3 Å². The number of aryl methyl sites for hydroxylation is 2. The summed E-state index contributed by atoms with van der Waals surface area (Å²) in [6, 6.07) is 22.9. The lowest BCUT2D eigenvalue weighted by atomic mass is 10.1. The van der Waals surface area contributed by atoms with E-state index >= 15 is 0 Å². The Balaban J connectivity index is 1.46. The number of pyridine rings is 1. The molecule has 0 aliphatic rings.